The van der Waals surface area contributed by atoms with Gasteiger partial charge in [-0.2, -0.15) is 0 Å². The Bertz CT molecular complexity index is 483. The molecule has 2 nitrogen and oxygen atoms in total. The summed E-state index contributed by atoms with van der Waals surface area (Å²) < 4.78 is 26.0. The van der Waals surface area contributed by atoms with Crippen molar-refractivity contribution in [2.45, 2.75) is 0 Å². The number of nitrogens with one attached hydrogen (secondary N) is 1. The van der Waals surface area contributed by atoms with Crippen LogP contribution in [0.25, 0.3) is 11.0 Å². The van der Waals surface area contributed by atoms with Crippen molar-refractivity contribution in [1.29, 1.82) is 0 Å². The van der Waals surface area contributed by atoms with Gasteiger partial charge in [-0.15, -0.1) is 0 Å². The lowest BCUT2D eigenvalue weighted by molar-refractivity contribution is 0.579. The lowest BCUT2D eigenvalue weighted by Crippen LogP contribution is -1.85. The van der Waals surface area contributed by atoms with E-state index in [0.717, 1.165) is 6.07 Å². The summed E-state index contributed by atoms with van der Waals surface area (Å²) in [6.45, 7) is 0. The van der Waals surface area contributed by atoms with E-state index >= 15 is 0 Å². The van der Waals surface area contributed by atoms with Crippen molar-refractivity contribution >= 4 is 38.6 Å². The molecular formula is C7H2BrClF2N2. The minimum atomic E-state index is -0.752. The van der Waals surface area contributed by atoms with Crippen molar-refractivity contribution in [3.8, 4) is 0 Å². The van der Waals surface area contributed by atoms with Gasteiger partial charge in [0.25, 0.3) is 0 Å². The number of aromatic amines is 1. The van der Waals surface area contributed by atoms with Gasteiger partial charge in [0, 0.05) is 6.07 Å². The highest BCUT2D eigenvalue weighted by Crippen LogP contribution is 2.27. The number of benzene rings is 1. The predicted octanol–water partition coefficient (Wildman–Crippen LogP) is 3.26. The Kier molecular flexibility index (Phi) is 2.00. The van der Waals surface area contributed by atoms with Gasteiger partial charge in [-0.1, -0.05) is 0 Å². The topological polar surface area (TPSA) is 28.7 Å². The van der Waals surface area contributed by atoms with Crippen LogP contribution in [0.3, 0.4) is 0 Å². The summed E-state index contributed by atoms with van der Waals surface area (Å²) in [4.78, 5) is 6.17. The molecule has 0 saturated heterocycles. The van der Waals surface area contributed by atoms with Gasteiger partial charge >= 0.3 is 0 Å². The van der Waals surface area contributed by atoms with E-state index in [1.807, 2.05) is 0 Å². The minimum Gasteiger partial charge on any atom is -0.328 e. The largest absolute Gasteiger partial charge is 0.328 e. The number of hydrogen-bond acceptors (Lipinski definition) is 1. The first-order valence-electron chi connectivity index (χ1n) is 3.28. The molecule has 13 heavy (non-hydrogen) atoms. The molecule has 68 valence electrons. The fraction of sp³-hybridized carbons (Fsp3) is 0. The zero-order chi connectivity index (χ0) is 9.59. The van der Waals surface area contributed by atoms with Gasteiger partial charge in [-0.25, -0.2) is 13.8 Å². The third kappa shape index (κ3) is 1.32. The molecule has 1 heterocycles. The Hall–Kier alpha value is -0.680. The lowest BCUT2D eigenvalue weighted by Gasteiger charge is -1.96. The summed E-state index contributed by atoms with van der Waals surface area (Å²) >= 11 is 8.25. The molecule has 0 fully saturated rings. The summed E-state index contributed by atoms with van der Waals surface area (Å²) in [6, 6.07) is 1.13. The molecule has 0 aliphatic carbocycles. The molecule has 1 aromatic heterocycles. The second-order valence-corrected chi connectivity index (χ2v) is 3.56. The third-order valence-electron chi connectivity index (χ3n) is 1.58. The van der Waals surface area contributed by atoms with Crippen LogP contribution in [0.5, 0.6) is 0 Å². The normalized spacial score (nSPS) is 11.1. The Labute approximate surface area is 85.0 Å². The molecule has 0 radical (unpaired) electrons. The third-order valence-corrected chi connectivity index (χ3v) is 2.49. The summed E-state index contributed by atoms with van der Waals surface area (Å²) in [6.07, 6.45) is 0. The zero-order valence-corrected chi connectivity index (χ0v) is 8.38. The van der Waals surface area contributed by atoms with Gasteiger partial charge in [0.2, 0.25) is 5.28 Å². The lowest BCUT2D eigenvalue weighted by atomic mass is 10.3. The maximum absolute atomic E-state index is 13.2. The second kappa shape index (κ2) is 2.92. The highest BCUT2D eigenvalue weighted by atomic mass is 79.9. The van der Waals surface area contributed by atoms with Gasteiger partial charge in [0.15, 0.2) is 5.82 Å². The highest BCUT2D eigenvalue weighted by molar-refractivity contribution is 9.10. The zero-order valence-electron chi connectivity index (χ0n) is 6.04. The molecule has 0 aliphatic heterocycles. The number of halogens is 4. The van der Waals surface area contributed by atoms with Crippen LogP contribution in [-0.4, -0.2) is 9.97 Å². The van der Waals surface area contributed by atoms with Crippen LogP contribution in [0.1, 0.15) is 0 Å². The van der Waals surface area contributed by atoms with E-state index in [1.165, 1.54) is 0 Å². The van der Waals surface area contributed by atoms with Crippen molar-refractivity contribution in [2.24, 2.45) is 0 Å². The second-order valence-electron chi connectivity index (χ2n) is 2.41. The van der Waals surface area contributed by atoms with Crippen LogP contribution in [0.2, 0.25) is 5.28 Å². The number of fused-ring (bicyclic) bond motifs is 1. The Morgan fingerprint density at radius 1 is 1.46 bits per heavy atom. The Balaban J connectivity index is 2.92. The molecule has 6 heteroatoms. The molecule has 0 saturated carbocycles. The van der Waals surface area contributed by atoms with Crippen molar-refractivity contribution in [2.75, 3.05) is 0 Å². The molecule has 0 aliphatic rings. The monoisotopic (exact) mass is 266 g/mol. The van der Waals surface area contributed by atoms with Crippen molar-refractivity contribution in [1.82, 2.24) is 9.97 Å². The fourth-order valence-corrected chi connectivity index (χ4v) is 1.52. The number of H-pyrrole nitrogens is 1. The average molecular weight is 267 g/mol. The Morgan fingerprint density at radius 3 is 2.85 bits per heavy atom. The van der Waals surface area contributed by atoms with E-state index < -0.39 is 11.6 Å². The van der Waals surface area contributed by atoms with Gasteiger partial charge in [-0.3, -0.25) is 0 Å². The number of hydrogen-bond donors (Lipinski definition) is 1. The molecule has 0 unspecified atom stereocenters. The first-order valence-corrected chi connectivity index (χ1v) is 4.45. The molecule has 2 aromatic rings. The molecule has 0 spiro atoms. The molecule has 1 aromatic carbocycles. The van der Waals surface area contributed by atoms with Crippen LogP contribution in [0.4, 0.5) is 8.78 Å². The smallest absolute Gasteiger partial charge is 0.201 e. The van der Waals surface area contributed by atoms with E-state index in [1.54, 1.807) is 0 Å². The van der Waals surface area contributed by atoms with Gasteiger partial charge < -0.3 is 4.98 Å². The molecule has 1 N–H and O–H groups in total. The Morgan fingerprint density at radius 2 is 2.15 bits per heavy atom. The quantitative estimate of drug-likeness (QED) is 0.729. The summed E-state index contributed by atoms with van der Waals surface area (Å²) in [5, 5.41) is 0.0337. The van der Waals surface area contributed by atoms with E-state index in [4.69, 9.17) is 11.6 Å². The van der Waals surface area contributed by atoms with E-state index in [2.05, 4.69) is 25.9 Å². The highest BCUT2D eigenvalue weighted by Gasteiger charge is 2.14. The molecule has 2 rings (SSSR count). The van der Waals surface area contributed by atoms with Gasteiger partial charge in [-0.05, 0) is 27.5 Å². The van der Waals surface area contributed by atoms with E-state index in [0.29, 0.717) is 0 Å². The van der Waals surface area contributed by atoms with Gasteiger partial charge in [0.05, 0.1) is 9.99 Å². The fourth-order valence-electron chi connectivity index (χ4n) is 1.03. The standard InChI is InChI=1S/C7H2BrClF2N2/c8-4-2(10)1-3-6(5(4)11)13-7(9)12-3/h1H,(H,12,13). The SMILES string of the molecule is Fc1cc2[nH]c(Cl)nc2c(F)c1Br. The molecule has 0 amide bonds. The molecule has 0 atom stereocenters. The first kappa shape index (κ1) is 8.90. The van der Waals surface area contributed by atoms with E-state index in [-0.39, 0.29) is 20.8 Å². The summed E-state index contributed by atoms with van der Waals surface area (Å²) in [7, 11) is 0. The van der Waals surface area contributed by atoms with Crippen LogP contribution in [0.15, 0.2) is 10.5 Å². The first-order chi connectivity index (χ1) is 6.09. The van der Waals surface area contributed by atoms with Crippen LogP contribution in [0, 0.1) is 11.6 Å². The number of rotatable bonds is 0. The van der Waals surface area contributed by atoms with Gasteiger partial charge in [0.1, 0.15) is 11.3 Å². The van der Waals surface area contributed by atoms with Crippen LogP contribution >= 0.6 is 27.5 Å². The molecular weight excluding hydrogens is 265 g/mol. The van der Waals surface area contributed by atoms with Crippen LogP contribution in [-0.2, 0) is 0 Å². The van der Waals surface area contributed by atoms with Crippen LogP contribution < -0.4 is 0 Å². The van der Waals surface area contributed by atoms with Crippen molar-refractivity contribution in [3.05, 3.63) is 27.5 Å². The summed E-state index contributed by atoms with van der Waals surface area (Å²) in [5.41, 5.74) is 0.265. The maximum atomic E-state index is 13.2. The molecule has 0 bridgehead atoms. The number of imidazole rings is 1. The number of nitrogens with zero attached hydrogens (tertiary/aromatic N) is 1. The van der Waals surface area contributed by atoms with E-state index in [9.17, 15) is 8.78 Å². The maximum Gasteiger partial charge on any atom is 0.201 e. The van der Waals surface area contributed by atoms with Crippen molar-refractivity contribution < 1.29 is 8.78 Å². The predicted molar refractivity (Wildman–Crippen MR) is 48.7 cm³/mol. The van der Waals surface area contributed by atoms with Crippen molar-refractivity contribution in [3.63, 3.8) is 0 Å². The number of aromatic nitrogens is 2. The minimum absolute atomic E-state index is 0.0262. The summed E-state index contributed by atoms with van der Waals surface area (Å²) in [5.74, 6) is -1.44. The average Bonchev–Trinajstić information content (AvgIpc) is 2.42.